The molecule has 0 saturated heterocycles. The molecule has 0 aliphatic heterocycles. The van der Waals surface area contributed by atoms with Crippen LogP contribution in [0.15, 0.2) is 24.3 Å². The zero-order valence-electron chi connectivity index (χ0n) is 12.8. The predicted octanol–water partition coefficient (Wildman–Crippen LogP) is 2.56. The average molecular weight is 293 g/mol. The Kier molecular flexibility index (Phi) is 6.72. The van der Waals surface area contributed by atoms with Gasteiger partial charge in [0.05, 0.1) is 7.11 Å². The van der Waals surface area contributed by atoms with Gasteiger partial charge >= 0.3 is 5.97 Å². The van der Waals surface area contributed by atoms with Crippen molar-refractivity contribution in [3.63, 3.8) is 0 Å². The number of hydrogen-bond donors (Lipinski definition) is 2. The van der Waals surface area contributed by atoms with Crippen molar-refractivity contribution in [3.05, 3.63) is 29.8 Å². The number of rotatable bonds is 8. The Morgan fingerprint density at radius 2 is 1.95 bits per heavy atom. The fraction of sp³-hybridized carbons (Fsp3) is 0.500. The molecule has 0 spiro atoms. The van der Waals surface area contributed by atoms with Gasteiger partial charge in [-0.15, -0.1) is 0 Å². The number of carbonyl (C=O) groups excluding carboxylic acids is 1. The maximum Gasteiger partial charge on any atom is 0.303 e. The Balaban J connectivity index is 2.52. The maximum atomic E-state index is 12.0. The van der Waals surface area contributed by atoms with Crippen LogP contribution in [0.2, 0.25) is 0 Å². The van der Waals surface area contributed by atoms with Crippen molar-refractivity contribution in [3.8, 4) is 5.75 Å². The smallest absolute Gasteiger partial charge is 0.303 e. The van der Waals surface area contributed by atoms with E-state index in [1.807, 2.05) is 38.1 Å². The van der Waals surface area contributed by atoms with E-state index in [1.165, 1.54) is 0 Å². The molecule has 1 aromatic carbocycles. The van der Waals surface area contributed by atoms with Crippen LogP contribution in [0.4, 0.5) is 0 Å². The SMILES string of the molecule is COc1ccccc1C(C)CC(=O)NC(C)CCC(=O)O. The third kappa shape index (κ3) is 5.85. The summed E-state index contributed by atoms with van der Waals surface area (Å²) < 4.78 is 5.30. The average Bonchev–Trinajstić information content (AvgIpc) is 2.44. The standard InChI is InChI=1S/C16H23NO4/c1-11(13-6-4-5-7-14(13)21-3)10-15(18)17-12(2)8-9-16(19)20/h4-7,11-12H,8-10H2,1-3H3,(H,17,18)(H,19,20). The summed E-state index contributed by atoms with van der Waals surface area (Å²) >= 11 is 0. The van der Waals surface area contributed by atoms with Crippen molar-refractivity contribution in [2.24, 2.45) is 0 Å². The van der Waals surface area contributed by atoms with Crippen molar-refractivity contribution < 1.29 is 19.4 Å². The van der Waals surface area contributed by atoms with E-state index < -0.39 is 5.97 Å². The van der Waals surface area contributed by atoms with E-state index in [2.05, 4.69) is 5.32 Å². The summed E-state index contributed by atoms with van der Waals surface area (Å²) in [7, 11) is 1.61. The molecule has 0 heterocycles. The van der Waals surface area contributed by atoms with E-state index in [0.717, 1.165) is 11.3 Å². The second kappa shape index (κ2) is 8.29. The second-order valence-corrected chi connectivity index (χ2v) is 5.25. The second-order valence-electron chi connectivity index (χ2n) is 5.25. The lowest BCUT2D eigenvalue weighted by Crippen LogP contribution is -2.33. The van der Waals surface area contributed by atoms with Gasteiger partial charge in [-0.05, 0) is 30.9 Å². The first kappa shape index (κ1) is 17.0. The maximum absolute atomic E-state index is 12.0. The molecule has 2 atom stereocenters. The van der Waals surface area contributed by atoms with Gasteiger partial charge in [-0.2, -0.15) is 0 Å². The summed E-state index contributed by atoms with van der Waals surface area (Å²) in [4.78, 5) is 22.5. The van der Waals surface area contributed by atoms with Gasteiger partial charge in [0.1, 0.15) is 5.75 Å². The molecule has 5 heteroatoms. The minimum Gasteiger partial charge on any atom is -0.496 e. The van der Waals surface area contributed by atoms with Crippen LogP contribution in [0, 0.1) is 0 Å². The number of carbonyl (C=O) groups is 2. The monoisotopic (exact) mass is 293 g/mol. The number of aliphatic carboxylic acids is 1. The highest BCUT2D eigenvalue weighted by Gasteiger charge is 2.16. The highest BCUT2D eigenvalue weighted by Crippen LogP contribution is 2.28. The molecule has 5 nitrogen and oxygen atoms in total. The third-order valence-corrected chi connectivity index (χ3v) is 3.36. The highest BCUT2D eigenvalue weighted by atomic mass is 16.5. The van der Waals surface area contributed by atoms with Gasteiger partial charge < -0.3 is 15.2 Å². The minimum absolute atomic E-state index is 0.0350. The molecule has 0 saturated carbocycles. The molecule has 0 aliphatic rings. The van der Waals surface area contributed by atoms with Gasteiger partial charge in [0.25, 0.3) is 0 Å². The lowest BCUT2D eigenvalue weighted by molar-refractivity contribution is -0.137. The van der Waals surface area contributed by atoms with Crippen molar-refractivity contribution in [1.82, 2.24) is 5.32 Å². The summed E-state index contributed by atoms with van der Waals surface area (Å²) in [6.07, 6.45) is 0.839. The Labute approximate surface area is 125 Å². The first-order valence-corrected chi connectivity index (χ1v) is 7.08. The zero-order valence-corrected chi connectivity index (χ0v) is 12.8. The van der Waals surface area contributed by atoms with Crippen LogP contribution in [0.3, 0.4) is 0 Å². The molecule has 0 aromatic heterocycles. The lowest BCUT2D eigenvalue weighted by Gasteiger charge is -2.17. The topological polar surface area (TPSA) is 75.6 Å². The zero-order chi connectivity index (χ0) is 15.8. The number of nitrogens with one attached hydrogen (secondary N) is 1. The van der Waals surface area contributed by atoms with Crippen LogP contribution in [-0.4, -0.2) is 30.1 Å². The van der Waals surface area contributed by atoms with Crippen LogP contribution in [0.1, 0.15) is 44.6 Å². The van der Waals surface area contributed by atoms with Crippen molar-refractivity contribution in [2.45, 2.75) is 45.1 Å². The van der Waals surface area contributed by atoms with Gasteiger partial charge in [0, 0.05) is 18.9 Å². The van der Waals surface area contributed by atoms with E-state index in [-0.39, 0.29) is 24.3 Å². The molecule has 1 aromatic rings. The number of methoxy groups -OCH3 is 1. The Hall–Kier alpha value is -2.04. The molecule has 0 bridgehead atoms. The summed E-state index contributed by atoms with van der Waals surface area (Å²) in [6.45, 7) is 3.79. The van der Waals surface area contributed by atoms with Gasteiger partial charge in [0.2, 0.25) is 5.91 Å². The van der Waals surface area contributed by atoms with Crippen LogP contribution < -0.4 is 10.1 Å². The summed E-state index contributed by atoms with van der Waals surface area (Å²) in [6, 6.07) is 7.49. The van der Waals surface area contributed by atoms with Crippen LogP contribution in [-0.2, 0) is 9.59 Å². The van der Waals surface area contributed by atoms with Crippen LogP contribution in [0.5, 0.6) is 5.75 Å². The normalized spacial score (nSPS) is 13.3. The summed E-state index contributed by atoms with van der Waals surface area (Å²) in [5.41, 5.74) is 0.994. The largest absolute Gasteiger partial charge is 0.496 e. The summed E-state index contributed by atoms with van der Waals surface area (Å²) in [5, 5.41) is 11.5. The van der Waals surface area contributed by atoms with Gasteiger partial charge in [0.15, 0.2) is 0 Å². The van der Waals surface area contributed by atoms with E-state index in [9.17, 15) is 9.59 Å². The van der Waals surface area contributed by atoms with Gasteiger partial charge in [-0.3, -0.25) is 9.59 Å². The molecule has 0 aliphatic carbocycles. The molecule has 0 fully saturated rings. The number of benzene rings is 1. The van der Waals surface area contributed by atoms with Gasteiger partial charge in [-0.1, -0.05) is 25.1 Å². The van der Waals surface area contributed by atoms with Crippen LogP contribution in [0.25, 0.3) is 0 Å². The fourth-order valence-electron chi connectivity index (χ4n) is 2.21. The van der Waals surface area contributed by atoms with Crippen molar-refractivity contribution in [1.29, 1.82) is 0 Å². The lowest BCUT2D eigenvalue weighted by atomic mass is 9.96. The van der Waals surface area contributed by atoms with E-state index >= 15 is 0 Å². The molecule has 0 radical (unpaired) electrons. The van der Waals surface area contributed by atoms with Crippen LogP contribution >= 0.6 is 0 Å². The molecular formula is C16H23NO4. The molecule has 1 amide bonds. The van der Waals surface area contributed by atoms with E-state index in [1.54, 1.807) is 7.11 Å². The number of carboxylic acid groups (broad SMARTS) is 1. The number of para-hydroxylation sites is 1. The first-order chi connectivity index (χ1) is 9.93. The number of carboxylic acids is 1. The highest BCUT2D eigenvalue weighted by molar-refractivity contribution is 5.77. The van der Waals surface area contributed by atoms with E-state index in [4.69, 9.17) is 9.84 Å². The number of amides is 1. The van der Waals surface area contributed by atoms with Gasteiger partial charge in [-0.25, -0.2) is 0 Å². The van der Waals surface area contributed by atoms with Crippen molar-refractivity contribution in [2.75, 3.05) is 7.11 Å². The third-order valence-electron chi connectivity index (χ3n) is 3.36. The molecular weight excluding hydrogens is 270 g/mol. The molecule has 2 N–H and O–H groups in total. The first-order valence-electron chi connectivity index (χ1n) is 7.08. The predicted molar refractivity (Wildman–Crippen MR) is 80.5 cm³/mol. The molecule has 116 valence electrons. The number of hydrogen-bond acceptors (Lipinski definition) is 3. The minimum atomic E-state index is -0.849. The van der Waals surface area contributed by atoms with Crippen molar-refractivity contribution >= 4 is 11.9 Å². The quantitative estimate of drug-likeness (QED) is 0.772. The van der Waals surface area contributed by atoms with E-state index in [0.29, 0.717) is 12.8 Å². The Bertz CT molecular complexity index is 487. The Morgan fingerprint density at radius 1 is 1.29 bits per heavy atom. The summed E-state index contributed by atoms with van der Waals surface area (Å²) in [5.74, 6) is -0.116. The number of ether oxygens (including phenoxy) is 1. The molecule has 21 heavy (non-hydrogen) atoms. The molecule has 1 rings (SSSR count). The fourth-order valence-corrected chi connectivity index (χ4v) is 2.21. The Morgan fingerprint density at radius 3 is 2.57 bits per heavy atom. The molecule has 2 unspecified atom stereocenters.